The molecule has 8 heavy (non-hydrogen) atoms. The Morgan fingerprint density at radius 3 is 2.50 bits per heavy atom. The first kappa shape index (κ1) is 7.70. The van der Waals surface area contributed by atoms with Gasteiger partial charge in [-0.05, 0) is 18.9 Å². The van der Waals surface area contributed by atoms with Gasteiger partial charge in [-0.3, -0.25) is 0 Å². The van der Waals surface area contributed by atoms with Crippen molar-refractivity contribution in [2.45, 2.75) is 19.8 Å². The van der Waals surface area contributed by atoms with Crippen LogP contribution < -0.4 is 5.73 Å². The van der Waals surface area contributed by atoms with Crippen molar-refractivity contribution in [2.24, 2.45) is 11.7 Å². The van der Waals surface area contributed by atoms with Gasteiger partial charge < -0.3 is 5.73 Å². The van der Waals surface area contributed by atoms with E-state index in [1.807, 2.05) is 6.08 Å². The minimum Gasteiger partial charge on any atom is -0.330 e. The van der Waals surface area contributed by atoms with Gasteiger partial charge in [0.05, 0.1) is 0 Å². The quantitative estimate of drug-likeness (QED) is 0.550. The maximum Gasteiger partial charge on any atom is -0.00460 e. The van der Waals surface area contributed by atoms with Crippen LogP contribution in [0.3, 0.4) is 0 Å². The molecule has 0 saturated heterocycles. The fraction of sp³-hybridized carbons (Fsp3) is 0.714. The van der Waals surface area contributed by atoms with Crippen LogP contribution in [-0.2, 0) is 0 Å². The highest BCUT2D eigenvalue weighted by Crippen LogP contribution is 2.04. The smallest absolute Gasteiger partial charge is 0.00460 e. The van der Waals surface area contributed by atoms with Crippen LogP contribution in [0.15, 0.2) is 12.7 Å². The van der Waals surface area contributed by atoms with E-state index < -0.39 is 0 Å². The molecule has 1 heteroatoms. The van der Waals surface area contributed by atoms with E-state index in [0.29, 0.717) is 5.92 Å². The van der Waals surface area contributed by atoms with Gasteiger partial charge in [-0.2, -0.15) is 0 Å². The Morgan fingerprint density at radius 2 is 2.38 bits per heavy atom. The standard InChI is InChI=1S/C7H15N/c1-3-5-7(4-2)6-8/h3,7H,1,4-6,8H2,2H3/t7-/m1/s1. The summed E-state index contributed by atoms with van der Waals surface area (Å²) in [6, 6.07) is 0. The van der Waals surface area contributed by atoms with E-state index in [2.05, 4.69) is 13.5 Å². The van der Waals surface area contributed by atoms with Gasteiger partial charge in [0.2, 0.25) is 0 Å². The molecule has 48 valence electrons. The van der Waals surface area contributed by atoms with E-state index in [9.17, 15) is 0 Å². The summed E-state index contributed by atoms with van der Waals surface area (Å²) in [6.45, 7) is 6.59. The minimum atomic E-state index is 0.660. The molecule has 0 aromatic rings. The molecule has 0 heterocycles. The third-order valence-electron chi connectivity index (χ3n) is 1.41. The second-order valence-electron chi connectivity index (χ2n) is 2.03. The van der Waals surface area contributed by atoms with Crippen LogP contribution in [0.4, 0.5) is 0 Å². The highest BCUT2D eigenvalue weighted by atomic mass is 14.5. The summed E-state index contributed by atoms with van der Waals surface area (Å²) < 4.78 is 0. The van der Waals surface area contributed by atoms with Crippen molar-refractivity contribution in [1.29, 1.82) is 0 Å². The summed E-state index contributed by atoms with van der Waals surface area (Å²) in [5, 5.41) is 0. The van der Waals surface area contributed by atoms with Crippen molar-refractivity contribution < 1.29 is 0 Å². The molecule has 0 rings (SSSR count). The van der Waals surface area contributed by atoms with Crippen molar-refractivity contribution in [3.63, 3.8) is 0 Å². The molecule has 0 aliphatic rings. The first-order valence-electron chi connectivity index (χ1n) is 3.16. The molecule has 0 saturated carbocycles. The molecule has 2 N–H and O–H groups in total. The van der Waals surface area contributed by atoms with E-state index in [1.165, 1.54) is 6.42 Å². The van der Waals surface area contributed by atoms with Gasteiger partial charge in [0.15, 0.2) is 0 Å². The van der Waals surface area contributed by atoms with Crippen LogP contribution in [0.2, 0.25) is 0 Å². The third kappa shape index (κ3) is 2.80. The van der Waals surface area contributed by atoms with Gasteiger partial charge in [0, 0.05) is 0 Å². The van der Waals surface area contributed by atoms with Crippen LogP contribution in [0.25, 0.3) is 0 Å². The van der Waals surface area contributed by atoms with Crippen LogP contribution in [0.5, 0.6) is 0 Å². The Balaban J connectivity index is 3.20. The maximum absolute atomic E-state index is 5.42. The Hall–Kier alpha value is -0.300. The number of rotatable bonds is 4. The first-order chi connectivity index (χ1) is 3.85. The maximum atomic E-state index is 5.42. The van der Waals surface area contributed by atoms with Crippen LogP contribution >= 0.6 is 0 Å². The summed E-state index contributed by atoms with van der Waals surface area (Å²) in [4.78, 5) is 0. The minimum absolute atomic E-state index is 0.660. The predicted molar refractivity (Wildman–Crippen MR) is 37.6 cm³/mol. The molecule has 0 amide bonds. The molecule has 0 aromatic carbocycles. The van der Waals surface area contributed by atoms with Crippen molar-refractivity contribution in [1.82, 2.24) is 0 Å². The Bertz CT molecular complexity index is 55.4. The summed E-state index contributed by atoms with van der Waals surface area (Å²) in [5.74, 6) is 0.660. The van der Waals surface area contributed by atoms with Gasteiger partial charge >= 0.3 is 0 Å². The van der Waals surface area contributed by atoms with E-state index >= 15 is 0 Å². The Labute approximate surface area is 51.6 Å². The zero-order chi connectivity index (χ0) is 6.41. The second-order valence-corrected chi connectivity index (χ2v) is 2.03. The third-order valence-corrected chi connectivity index (χ3v) is 1.41. The molecular formula is C7H15N. The van der Waals surface area contributed by atoms with Gasteiger partial charge in [0.1, 0.15) is 0 Å². The topological polar surface area (TPSA) is 26.0 Å². The van der Waals surface area contributed by atoms with Gasteiger partial charge in [-0.15, -0.1) is 6.58 Å². The van der Waals surface area contributed by atoms with Crippen LogP contribution in [-0.4, -0.2) is 6.54 Å². The number of nitrogens with two attached hydrogens (primary N) is 1. The van der Waals surface area contributed by atoms with E-state index in [1.54, 1.807) is 0 Å². The molecule has 0 aliphatic carbocycles. The number of hydrogen-bond acceptors (Lipinski definition) is 1. The summed E-state index contributed by atoms with van der Waals surface area (Å²) >= 11 is 0. The lowest BCUT2D eigenvalue weighted by atomic mass is 10.0. The second kappa shape index (κ2) is 4.85. The fourth-order valence-electron chi connectivity index (χ4n) is 0.665. The van der Waals surface area contributed by atoms with Crippen molar-refractivity contribution in [3.8, 4) is 0 Å². The van der Waals surface area contributed by atoms with Crippen molar-refractivity contribution in [3.05, 3.63) is 12.7 Å². The zero-order valence-corrected chi connectivity index (χ0v) is 5.56. The lowest BCUT2D eigenvalue weighted by molar-refractivity contribution is 0.529. The van der Waals surface area contributed by atoms with Crippen molar-refractivity contribution in [2.75, 3.05) is 6.54 Å². The monoisotopic (exact) mass is 113 g/mol. The normalized spacial score (nSPS) is 13.2. The molecular weight excluding hydrogens is 98.1 g/mol. The average Bonchev–Trinajstić information content (AvgIpc) is 1.83. The summed E-state index contributed by atoms with van der Waals surface area (Å²) in [6.07, 6.45) is 4.16. The highest BCUT2D eigenvalue weighted by Gasteiger charge is 1.97. The number of allylic oxidation sites excluding steroid dienone is 1. The molecule has 1 nitrogen and oxygen atoms in total. The lowest BCUT2D eigenvalue weighted by Gasteiger charge is -2.06. The predicted octanol–water partition coefficient (Wildman–Crippen LogP) is 1.55. The van der Waals surface area contributed by atoms with Crippen LogP contribution in [0, 0.1) is 5.92 Å². The lowest BCUT2D eigenvalue weighted by Crippen LogP contribution is -2.11. The fourth-order valence-corrected chi connectivity index (χ4v) is 0.665. The molecule has 0 aliphatic heterocycles. The van der Waals surface area contributed by atoms with Crippen LogP contribution in [0.1, 0.15) is 19.8 Å². The summed E-state index contributed by atoms with van der Waals surface area (Å²) in [7, 11) is 0. The van der Waals surface area contributed by atoms with Gasteiger partial charge in [-0.1, -0.05) is 19.4 Å². The Morgan fingerprint density at radius 1 is 1.75 bits per heavy atom. The molecule has 1 atom stereocenters. The summed E-state index contributed by atoms with van der Waals surface area (Å²) in [5.41, 5.74) is 5.42. The molecule has 0 radical (unpaired) electrons. The Kier molecular flexibility index (Phi) is 4.67. The van der Waals surface area contributed by atoms with Gasteiger partial charge in [-0.25, -0.2) is 0 Å². The average molecular weight is 113 g/mol. The number of hydrogen-bond donors (Lipinski definition) is 1. The molecule has 0 fully saturated rings. The largest absolute Gasteiger partial charge is 0.330 e. The van der Waals surface area contributed by atoms with Gasteiger partial charge in [0.25, 0.3) is 0 Å². The SMILES string of the molecule is C=CC[C@@H](CC)CN. The highest BCUT2D eigenvalue weighted by molar-refractivity contribution is 4.72. The molecule has 0 spiro atoms. The molecule has 0 bridgehead atoms. The molecule has 0 unspecified atom stereocenters. The van der Waals surface area contributed by atoms with E-state index in [0.717, 1.165) is 13.0 Å². The van der Waals surface area contributed by atoms with E-state index in [-0.39, 0.29) is 0 Å². The van der Waals surface area contributed by atoms with E-state index in [4.69, 9.17) is 5.73 Å². The zero-order valence-electron chi connectivity index (χ0n) is 5.56. The molecule has 0 aromatic heterocycles. The van der Waals surface area contributed by atoms with Crippen molar-refractivity contribution >= 4 is 0 Å². The first-order valence-corrected chi connectivity index (χ1v) is 3.16.